The van der Waals surface area contributed by atoms with Gasteiger partial charge in [0.2, 0.25) is 0 Å². The Hall–Kier alpha value is -5.15. The molecule has 0 spiro atoms. The quantitative estimate of drug-likeness (QED) is 0.149. The van der Waals surface area contributed by atoms with E-state index in [0.717, 1.165) is 34.8 Å². The summed E-state index contributed by atoms with van der Waals surface area (Å²) < 4.78 is 0. The van der Waals surface area contributed by atoms with Crippen LogP contribution in [0.1, 0.15) is 53.5 Å². The lowest BCUT2D eigenvalue weighted by atomic mass is 10.0. The van der Waals surface area contributed by atoms with Crippen LogP contribution in [0.25, 0.3) is 11.1 Å². The van der Waals surface area contributed by atoms with Crippen molar-refractivity contribution >= 4 is 17.1 Å². The van der Waals surface area contributed by atoms with Gasteiger partial charge in [0.1, 0.15) is 0 Å². The molecule has 0 heterocycles. The number of nitrogens with one attached hydrogen (secondary N) is 2. The summed E-state index contributed by atoms with van der Waals surface area (Å²) in [6, 6.07) is 39.4. The first-order valence-corrected chi connectivity index (χ1v) is 15.8. The fourth-order valence-corrected chi connectivity index (χ4v) is 4.57. The molecule has 0 radical (unpaired) electrons. The SMILES string of the molecule is C=C/C(=C\C=CC)NC1=C(N(c2ccccc2)c2ccccc2-c2ccccc2)CC=C1.CC.CC.CC(=N)c1ccccc1. The zero-order chi connectivity index (χ0) is 32.9. The van der Waals surface area contributed by atoms with E-state index < -0.39 is 0 Å². The molecule has 1 aliphatic carbocycles. The van der Waals surface area contributed by atoms with Crippen LogP contribution in [0.15, 0.2) is 175 Å². The molecule has 5 rings (SSSR count). The number of anilines is 2. The largest absolute Gasteiger partial charge is 0.354 e. The first-order chi connectivity index (χ1) is 22.1. The third-order valence-corrected chi connectivity index (χ3v) is 6.59. The van der Waals surface area contributed by atoms with Crippen molar-refractivity contribution in [3.05, 3.63) is 181 Å². The second-order valence-electron chi connectivity index (χ2n) is 9.49. The molecule has 232 valence electrons. The van der Waals surface area contributed by atoms with Crippen LogP contribution < -0.4 is 10.2 Å². The van der Waals surface area contributed by atoms with E-state index in [1.54, 1.807) is 6.92 Å². The smallest absolute Gasteiger partial charge is 0.0586 e. The number of hydrogen-bond donors (Lipinski definition) is 2. The normalized spacial score (nSPS) is 11.7. The van der Waals surface area contributed by atoms with Crippen molar-refractivity contribution in [3.8, 4) is 11.1 Å². The summed E-state index contributed by atoms with van der Waals surface area (Å²) in [7, 11) is 0. The van der Waals surface area contributed by atoms with E-state index in [1.165, 1.54) is 16.8 Å². The number of rotatable bonds is 9. The monoisotopic (exact) mass is 595 g/mol. The molecular formula is C42H49N3. The molecule has 0 unspecified atom stereocenters. The van der Waals surface area contributed by atoms with E-state index in [2.05, 4.69) is 114 Å². The second-order valence-corrected chi connectivity index (χ2v) is 9.49. The zero-order valence-corrected chi connectivity index (χ0v) is 27.8. The summed E-state index contributed by atoms with van der Waals surface area (Å²) >= 11 is 0. The highest BCUT2D eigenvalue weighted by atomic mass is 15.2. The Morgan fingerprint density at radius 1 is 0.778 bits per heavy atom. The molecule has 3 heteroatoms. The van der Waals surface area contributed by atoms with E-state index >= 15 is 0 Å². The fraction of sp³-hybridized carbons (Fsp3) is 0.167. The van der Waals surface area contributed by atoms with Crippen molar-refractivity contribution in [2.24, 2.45) is 0 Å². The van der Waals surface area contributed by atoms with Gasteiger partial charge >= 0.3 is 0 Å². The predicted molar refractivity (Wildman–Crippen MR) is 199 cm³/mol. The number of benzene rings is 4. The van der Waals surface area contributed by atoms with Crippen LogP contribution in [0.2, 0.25) is 0 Å². The first kappa shape index (κ1) is 36.0. The molecule has 45 heavy (non-hydrogen) atoms. The zero-order valence-electron chi connectivity index (χ0n) is 27.8. The van der Waals surface area contributed by atoms with Crippen molar-refractivity contribution in [2.75, 3.05) is 4.90 Å². The second kappa shape index (κ2) is 20.7. The average Bonchev–Trinajstić information content (AvgIpc) is 3.57. The molecule has 2 N–H and O–H groups in total. The third kappa shape index (κ3) is 10.8. The number of hydrogen-bond acceptors (Lipinski definition) is 3. The van der Waals surface area contributed by atoms with Crippen molar-refractivity contribution in [3.63, 3.8) is 0 Å². The highest BCUT2D eigenvalue weighted by Crippen LogP contribution is 2.40. The minimum absolute atomic E-state index is 0.621. The van der Waals surface area contributed by atoms with Crippen molar-refractivity contribution in [1.29, 1.82) is 5.41 Å². The van der Waals surface area contributed by atoms with Crippen LogP contribution in [0, 0.1) is 5.41 Å². The third-order valence-electron chi connectivity index (χ3n) is 6.59. The first-order valence-electron chi connectivity index (χ1n) is 15.8. The van der Waals surface area contributed by atoms with Crippen molar-refractivity contribution in [2.45, 2.75) is 48.0 Å². The molecule has 4 aromatic carbocycles. The van der Waals surface area contributed by atoms with Crippen LogP contribution in [0.5, 0.6) is 0 Å². The fourth-order valence-electron chi connectivity index (χ4n) is 4.57. The molecule has 0 bridgehead atoms. The van der Waals surface area contributed by atoms with E-state index in [1.807, 2.05) is 89.3 Å². The summed E-state index contributed by atoms with van der Waals surface area (Å²) in [5, 5.41) is 10.8. The molecule has 3 nitrogen and oxygen atoms in total. The van der Waals surface area contributed by atoms with Gasteiger partial charge in [-0.15, -0.1) is 0 Å². The predicted octanol–water partition coefficient (Wildman–Crippen LogP) is 12.0. The maximum atomic E-state index is 7.24. The van der Waals surface area contributed by atoms with E-state index in [4.69, 9.17) is 5.41 Å². The molecular weight excluding hydrogens is 546 g/mol. The van der Waals surface area contributed by atoms with Crippen molar-refractivity contribution in [1.82, 2.24) is 5.32 Å². The van der Waals surface area contributed by atoms with Gasteiger partial charge in [0.15, 0.2) is 0 Å². The maximum Gasteiger partial charge on any atom is 0.0586 e. The van der Waals surface area contributed by atoms with Gasteiger partial charge < -0.3 is 15.6 Å². The van der Waals surface area contributed by atoms with Gasteiger partial charge in [0.25, 0.3) is 0 Å². The Bertz CT molecular complexity index is 1560. The standard InChI is InChI=1S/C30H28N2.C8H9N.2C2H6/c1-3-5-17-25(4-2)31-28-21-14-23-30(28)32(26-18-10-7-11-19-26)29-22-13-12-20-27(29)24-15-8-6-9-16-24;1-7(9)8-5-3-2-4-6-8;2*1-2/h3-22,31H,2,23H2,1H3;2-6,9H,1H3;2*1-2H3/b5-3?,25-17+;;;. The lowest BCUT2D eigenvalue weighted by molar-refractivity contribution is 0.982. The van der Waals surface area contributed by atoms with E-state index in [-0.39, 0.29) is 0 Å². The molecule has 0 saturated heterocycles. The van der Waals surface area contributed by atoms with E-state index in [0.29, 0.717) is 5.71 Å². The summed E-state index contributed by atoms with van der Waals surface area (Å²) in [5.41, 5.74) is 9.54. The molecule has 1 aliphatic rings. The molecule has 0 amide bonds. The number of allylic oxidation sites excluding steroid dienone is 6. The molecule has 0 aliphatic heterocycles. The van der Waals surface area contributed by atoms with Crippen LogP contribution in [-0.4, -0.2) is 5.71 Å². The highest BCUT2D eigenvalue weighted by molar-refractivity contribution is 5.96. The van der Waals surface area contributed by atoms with Crippen LogP contribution >= 0.6 is 0 Å². The Balaban J connectivity index is 0.000000458. The molecule has 0 atom stereocenters. The minimum Gasteiger partial charge on any atom is -0.354 e. The Morgan fingerprint density at radius 3 is 1.89 bits per heavy atom. The lowest BCUT2D eigenvalue weighted by Crippen LogP contribution is -2.21. The minimum atomic E-state index is 0.621. The summed E-state index contributed by atoms with van der Waals surface area (Å²) in [6.45, 7) is 15.8. The Morgan fingerprint density at radius 2 is 1.33 bits per heavy atom. The van der Waals surface area contributed by atoms with Gasteiger partial charge in [-0.2, -0.15) is 0 Å². The lowest BCUT2D eigenvalue weighted by Gasteiger charge is -2.30. The summed E-state index contributed by atoms with van der Waals surface area (Å²) in [6.07, 6.45) is 13.1. The Kier molecular flexibility index (Phi) is 16.6. The molecule has 0 fully saturated rings. The molecule has 0 aromatic heterocycles. The summed E-state index contributed by atoms with van der Waals surface area (Å²) in [4.78, 5) is 2.36. The summed E-state index contributed by atoms with van der Waals surface area (Å²) in [5.74, 6) is 0. The van der Waals surface area contributed by atoms with Crippen LogP contribution in [-0.2, 0) is 0 Å². The van der Waals surface area contributed by atoms with Crippen LogP contribution in [0.4, 0.5) is 11.4 Å². The Labute approximate surface area is 272 Å². The van der Waals surface area contributed by atoms with E-state index in [9.17, 15) is 0 Å². The van der Waals surface area contributed by atoms with Crippen LogP contribution in [0.3, 0.4) is 0 Å². The number of para-hydroxylation sites is 2. The number of nitrogens with zero attached hydrogens (tertiary/aromatic N) is 1. The van der Waals surface area contributed by atoms with Gasteiger partial charge in [-0.05, 0) is 61.4 Å². The van der Waals surface area contributed by atoms with Gasteiger partial charge in [0, 0.05) is 29.1 Å². The molecule has 0 saturated carbocycles. The van der Waals surface area contributed by atoms with Gasteiger partial charge in [-0.25, -0.2) is 0 Å². The maximum absolute atomic E-state index is 7.24. The van der Waals surface area contributed by atoms with Gasteiger partial charge in [0.05, 0.1) is 17.1 Å². The van der Waals surface area contributed by atoms with Gasteiger partial charge in [-0.1, -0.05) is 150 Å². The topological polar surface area (TPSA) is 39.1 Å². The highest BCUT2D eigenvalue weighted by Gasteiger charge is 2.22. The molecule has 4 aromatic rings. The van der Waals surface area contributed by atoms with Crippen molar-refractivity contribution < 1.29 is 0 Å². The van der Waals surface area contributed by atoms with Gasteiger partial charge in [-0.3, -0.25) is 0 Å². The average molecular weight is 596 g/mol.